The number of unbranched alkanes of at least 4 members (excludes halogenated alkanes) is 3. The van der Waals surface area contributed by atoms with Crippen LogP contribution in [0, 0.1) is 9.39 Å². The molecule has 1 aromatic carbocycles. The van der Waals surface area contributed by atoms with E-state index in [1.54, 1.807) is 6.07 Å². The molecule has 0 spiro atoms. The Morgan fingerprint density at radius 1 is 1.31 bits per heavy atom. The molecule has 4 heteroatoms. The summed E-state index contributed by atoms with van der Waals surface area (Å²) in [5, 5.41) is 3.17. The van der Waals surface area contributed by atoms with Crippen LogP contribution >= 0.6 is 22.6 Å². The van der Waals surface area contributed by atoms with Gasteiger partial charge in [0.1, 0.15) is 5.82 Å². The fourth-order valence-electron chi connectivity index (χ4n) is 1.49. The van der Waals surface area contributed by atoms with Gasteiger partial charge < -0.3 is 11.1 Å². The Labute approximate surface area is 110 Å². The molecule has 3 N–H and O–H groups in total. The van der Waals surface area contributed by atoms with Gasteiger partial charge in [0.15, 0.2) is 0 Å². The molecule has 1 aromatic rings. The van der Waals surface area contributed by atoms with Crippen LogP contribution < -0.4 is 11.1 Å². The van der Waals surface area contributed by atoms with E-state index < -0.39 is 0 Å². The van der Waals surface area contributed by atoms with Crippen LogP contribution in [0.4, 0.5) is 15.8 Å². The summed E-state index contributed by atoms with van der Waals surface area (Å²) >= 11 is 1.94. The van der Waals surface area contributed by atoms with Gasteiger partial charge in [-0.15, -0.1) is 0 Å². The number of hydrogen-bond acceptors (Lipinski definition) is 2. The number of benzene rings is 1. The maximum Gasteiger partial charge on any atom is 0.138 e. The zero-order valence-electron chi connectivity index (χ0n) is 9.52. The minimum Gasteiger partial charge on any atom is -0.397 e. The van der Waals surface area contributed by atoms with E-state index in [1.807, 2.05) is 22.6 Å². The Morgan fingerprint density at radius 3 is 2.75 bits per heavy atom. The van der Waals surface area contributed by atoms with Gasteiger partial charge in [-0.05, 0) is 35.1 Å². The second kappa shape index (κ2) is 6.93. The number of halogens is 2. The zero-order chi connectivity index (χ0) is 12.0. The lowest BCUT2D eigenvalue weighted by molar-refractivity contribution is 0.620. The molecule has 0 saturated heterocycles. The average Bonchev–Trinajstić information content (AvgIpc) is 2.25. The van der Waals surface area contributed by atoms with E-state index in [2.05, 4.69) is 12.2 Å². The lowest BCUT2D eigenvalue weighted by Gasteiger charge is -2.10. The third-order valence-corrected chi connectivity index (χ3v) is 3.26. The van der Waals surface area contributed by atoms with E-state index in [0.717, 1.165) is 13.0 Å². The minimum atomic E-state index is -0.217. The SMILES string of the molecule is CCCCCCNc1cc(F)c(I)cc1N. The van der Waals surface area contributed by atoms with Gasteiger partial charge in [-0.25, -0.2) is 4.39 Å². The molecule has 0 unspecified atom stereocenters. The Bertz CT molecular complexity index is 342. The molecule has 90 valence electrons. The lowest BCUT2D eigenvalue weighted by Crippen LogP contribution is -2.05. The van der Waals surface area contributed by atoms with Crippen molar-refractivity contribution in [2.24, 2.45) is 0 Å². The van der Waals surface area contributed by atoms with Crippen LogP contribution in [0.1, 0.15) is 32.6 Å². The molecular formula is C12H18FIN2. The molecule has 0 heterocycles. The van der Waals surface area contributed by atoms with Gasteiger partial charge >= 0.3 is 0 Å². The fraction of sp³-hybridized carbons (Fsp3) is 0.500. The van der Waals surface area contributed by atoms with Crippen molar-refractivity contribution in [1.29, 1.82) is 0 Å². The number of rotatable bonds is 6. The first-order chi connectivity index (χ1) is 7.65. The van der Waals surface area contributed by atoms with Crippen LogP contribution in [0.3, 0.4) is 0 Å². The van der Waals surface area contributed by atoms with Gasteiger partial charge in [0, 0.05) is 12.6 Å². The molecule has 16 heavy (non-hydrogen) atoms. The number of nitrogens with two attached hydrogens (primary N) is 1. The number of hydrogen-bond donors (Lipinski definition) is 2. The lowest BCUT2D eigenvalue weighted by atomic mass is 10.2. The summed E-state index contributed by atoms with van der Waals surface area (Å²) in [6, 6.07) is 3.13. The molecule has 0 aliphatic heterocycles. The first-order valence-electron chi connectivity index (χ1n) is 5.63. The summed E-state index contributed by atoms with van der Waals surface area (Å²) in [6.45, 7) is 3.03. The van der Waals surface area contributed by atoms with Crippen LogP contribution in [0.15, 0.2) is 12.1 Å². The van der Waals surface area contributed by atoms with Crippen molar-refractivity contribution in [1.82, 2.24) is 0 Å². The maximum atomic E-state index is 13.3. The fourth-order valence-corrected chi connectivity index (χ4v) is 1.98. The molecule has 0 saturated carbocycles. The largest absolute Gasteiger partial charge is 0.397 e. The standard InChI is InChI=1S/C12H18FIN2/c1-2-3-4-5-6-16-12-7-9(13)10(14)8-11(12)15/h7-8,16H,2-6,15H2,1H3. The molecule has 0 bridgehead atoms. The Hall–Kier alpha value is -0.520. The van der Waals surface area contributed by atoms with Gasteiger partial charge in [0.2, 0.25) is 0 Å². The first kappa shape index (κ1) is 13.5. The van der Waals surface area contributed by atoms with Crippen LogP contribution in [0.2, 0.25) is 0 Å². The van der Waals surface area contributed by atoms with E-state index in [4.69, 9.17) is 5.73 Å². The van der Waals surface area contributed by atoms with E-state index in [-0.39, 0.29) is 5.82 Å². The first-order valence-corrected chi connectivity index (χ1v) is 6.71. The van der Waals surface area contributed by atoms with E-state index in [1.165, 1.54) is 25.3 Å². The summed E-state index contributed by atoms with van der Waals surface area (Å²) in [4.78, 5) is 0. The summed E-state index contributed by atoms with van der Waals surface area (Å²) < 4.78 is 13.8. The van der Waals surface area contributed by atoms with Crippen molar-refractivity contribution in [3.63, 3.8) is 0 Å². The van der Waals surface area contributed by atoms with Crippen molar-refractivity contribution in [3.05, 3.63) is 21.5 Å². The van der Waals surface area contributed by atoms with Crippen LogP contribution in [-0.4, -0.2) is 6.54 Å². The molecule has 2 nitrogen and oxygen atoms in total. The van der Waals surface area contributed by atoms with Gasteiger partial charge in [-0.2, -0.15) is 0 Å². The van der Waals surface area contributed by atoms with Crippen molar-refractivity contribution < 1.29 is 4.39 Å². The van der Waals surface area contributed by atoms with Crippen molar-refractivity contribution in [3.8, 4) is 0 Å². The highest BCUT2D eigenvalue weighted by molar-refractivity contribution is 14.1. The zero-order valence-corrected chi connectivity index (χ0v) is 11.7. The summed E-state index contributed by atoms with van der Waals surface area (Å²) in [6.07, 6.45) is 4.77. The average molecular weight is 336 g/mol. The van der Waals surface area contributed by atoms with E-state index in [0.29, 0.717) is 14.9 Å². The third-order valence-electron chi connectivity index (χ3n) is 2.44. The summed E-state index contributed by atoms with van der Waals surface area (Å²) in [5.41, 5.74) is 7.11. The highest BCUT2D eigenvalue weighted by Crippen LogP contribution is 2.24. The second-order valence-corrected chi connectivity index (χ2v) is 5.00. The molecule has 0 amide bonds. The third kappa shape index (κ3) is 4.15. The van der Waals surface area contributed by atoms with Gasteiger partial charge in [-0.3, -0.25) is 0 Å². The van der Waals surface area contributed by atoms with Crippen LogP contribution in [0.5, 0.6) is 0 Å². The summed E-state index contributed by atoms with van der Waals surface area (Å²) in [7, 11) is 0. The molecule has 0 aliphatic rings. The Morgan fingerprint density at radius 2 is 2.06 bits per heavy atom. The maximum absolute atomic E-state index is 13.3. The van der Waals surface area contributed by atoms with Crippen molar-refractivity contribution in [2.75, 3.05) is 17.6 Å². The molecule has 0 fully saturated rings. The summed E-state index contributed by atoms with van der Waals surface area (Å²) in [5.74, 6) is -0.217. The van der Waals surface area contributed by atoms with Crippen molar-refractivity contribution in [2.45, 2.75) is 32.6 Å². The topological polar surface area (TPSA) is 38.0 Å². The van der Waals surface area contributed by atoms with E-state index in [9.17, 15) is 4.39 Å². The molecule has 0 atom stereocenters. The van der Waals surface area contributed by atoms with Gasteiger partial charge in [0.25, 0.3) is 0 Å². The molecule has 0 aliphatic carbocycles. The van der Waals surface area contributed by atoms with Crippen molar-refractivity contribution >= 4 is 34.0 Å². The molecule has 1 rings (SSSR count). The van der Waals surface area contributed by atoms with Crippen LogP contribution in [-0.2, 0) is 0 Å². The van der Waals surface area contributed by atoms with Crippen LogP contribution in [0.25, 0.3) is 0 Å². The highest BCUT2D eigenvalue weighted by Gasteiger charge is 2.04. The second-order valence-electron chi connectivity index (χ2n) is 3.84. The van der Waals surface area contributed by atoms with E-state index >= 15 is 0 Å². The number of anilines is 2. The van der Waals surface area contributed by atoms with Gasteiger partial charge in [-0.1, -0.05) is 26.2 Å². The monoisotopic (exact) mass is 336 g/mol. The smallest absolute Gasteiger partial charge is 0.138 e. The quantitative estimate of drug-likeness (QED) is 0.468. The predicted octanol–water partition coefficient (Wildman–Crippen LogP) is 4.00. The van der Waals surface area contributed by atoms with Gasteiger partial charge in [0.05, 0.1) is 14.9 Å². The Kier molecular flexibility index (Phi) is 5.87. The molecular weight excluding hydrogens is 318 g/mol. The normalized spacial score (nSPS) is 10.4. The Balaban J connectivity index is 2.45. The minimum absolute atomic E-state index is 0.217. The number of nitrogens with one attached hydrogen (secondary N) is 1. The highest BCUT2D eigenvalue weighted by atomic mass is 127. The molecule has 0 aromatic heterocycles. The molecule has 0 radical (unpaired) electrons. The number of nitrogen functional groups attached to an aromatic ring is 1. The predicted molar refractivity (Wildman–Crippen MR) is 76.2 cm³/mol.